The van der Waals surface area contributed by atoms with Crippen molar-refractivity contribution in [1.82, 2.24) is 3.96 Å². The Morgan fingerprint density at radius 1 is 1.90 bits per heavy atom. The first-order valence-corrected chi connectivity index (χ1v) is 3.87. The molecule has 1 aromatic rings. The zero-order valence-electron chi connectivity index (χ0n) is 5.96. The van der Waals surface area contributed by atoms with E-state index in [1.807, 2.05) is 7.05 Å². The molecule has 1 rings (SSSR count). The monoisotopic (exact) mass is 159 g/mol. The summed E-state index contributed by atoms with van der Waals surface area (Å²) in [4.78, 5) is 10.9. The van der Waals surface area contributed by atoms with Crippen LogP contribution in [-0.4, -0.2) is 16.5 Å². The number of esters is 1. The number of hydrogen-bond acceptors (Lipinski definition) is 3. The molecular formula is C6H9NO2S. The summed E-state index contributed by atoms with van der Waals surface area (Å²) in [6.07, 6.45) is 0. The van der Waals surface area contributed by atoms with Gasteiger partial charge in [-0.3, -0.25) is 3.96 Å². The van der Waals surface area contributed by atoms with Gasteiger partial charge < -0.3 is 4.74 Å². The molecule has 0 unspecified atom stereocenters. The molecule has 1 aromatic heterocycles. The third-order valence-corrected chi connectivity index (χ3v) is 1.99. The molecule has 0 bridgehead atoms. The van der Waals surface area contributed by atoms with Gasteiger partial charge in [0.05, 0.1) is 6.61 Å². The highest BCUT2D eigenvalue weighted by molar-refractivity contribution is 7.05. The fourth-order valence-corrected chi connectivity index (χ4v) is 1.18. The number of aromatic nitrogens is 1. The summed E-state index contributed by atoms with van der Waals surface area (Å²) in [7, 11) is 1.83. The molecule has 0 saturated heterocycles. The molecular weight excluding hydrogens is 150 g/mol. The second-order valence-electron chi connectivity index (χ2n) is 1.83. The minimum absolute atomic E-state index is 0.233. The normalized spacial score (nSPS) is 9.80. The first-order chi connectivity index (χ1) is 4.75. The van der Waals surface area contributed by atoms with E-state index in [-0.39, 0.29) is 5.97 Å². The summed E-state index contributed by atoms with van der Waals surface area (Å²) in [5, 5.41) is 1.78. The summed E-state index contributed by atoms with van der Waals surface area (Å²) in [6.45, 7) is 2.24. The van der Waals surface area contributed by atoms with Crippen molar-refractivity contribution in [1.29, 1.82) is 0 Å². The quantitative estimate of drug-likeness (QED) is 0.608. The Balaban J connectivity index is 2.55. The fourth-order valence-electron chi connectivity index (χ4n) is 0.593. The second kappa shape index (κ2) is 2.88. The number of hydrogen-bond donors (Lipinski definition) is 0. The van der Waals surface area contributed by atoms with Crippen molar-refractivity contribution in [2.75, 3.05) is 6.61 Å². The number of carbonyl (C=O) groups excluding carboxylic acids is 1. The van der Waals surface area contributed by atoms with E-state index in [9.17, 15) is 4.79 Å². The van der Waals surface area contributed by atoms with Crippen LogP contribution in [0.2, 0.25) is 0 Å². The van der Waals surface area contributed by atoms with Gasteiger partial charge in [-0.2, -0.15) is 0 Å². The average molecular weight is 159 g/mol. The van der Waals surface area contributed by atoms with Crippen LogP contribution in [0.15, 0.2) is 5.38 Å². The van der Waals surface area contributed by atoms with E-state index in [0.717, 1.165) is 0 Å². The van der Waals surface area contributed by atoms with Crippen LogP contribution in [-0.2, 0) is 11.8 Å². The molecule has 0 aliphatic carbocycles. The predicted molar refractivity (Wildman–Crippen MR) is 39.2 cm³/mol. The van der Waals surface area contributed by atoms with Gasteiger partial charge in [-0.05, 0) is 6.92 Å². The van der Waals surface area contributed by atoms with Crippen molar-refractivity contribution in [2.45, 2.75) is 6.92 Å². The summed E-state index contributed by atoms with van der Waals surface area (Å²) in [6, 6.07) is 0. The molecule has 0 radical (unpaired) electrons. The molecule has 10 heavy (non-hydrogen) atoms. The van der Waals surface area contributed by atoms with E-state index in [1.165, 1.54) is 11.5 Å². The maximum atomic E-state index is 10.9. The van der Waals surface area contributed by atoms with Crippen molar-refractivity contribution in [3.63, 3.8) is 0 Å². The van der Waals surface area contributed by atoms with E-state index >= 15 is 0 Å². The van der Waals surface area contributed by atoms with E-state index < -0.39 is 0 Å². The summed E-state index contributed by atoms with van der Waals surface area (Å²) < 4.78 is 6.53. The van der Waals surface area contributed by atoms with Crippen molar-refractivity contribution in [3.05, 3.63) is 11.1 Å². The molecule has 0 aliphatic heterocycles. The first kappa shape index (κ1) is 7.34. The molecule has 0 saturated carbocycles. The van der Waals surface area contributed by atoms with Gasteiger partial charge in [-0.25, -0.2) is 4.79 Å². The van der Waals surface area contributed by atoms with Crippen molar-refractivity contribution < 1.29 is 9.53 Å². The minimum atomic E-state index is -0.233. The zero-order valence-corrected chi connectivity index (χ0v) is 6.77. The Hall–Kier alpha value is -0.770. The second-order valence-corrected chi connectivity index (χ2v) is 2.82. The van der Waals surface area contributed by atoms with Crippen molar-refractivity contribution in [3.8, 4) is 0 Å². The van der Waals surface area contributed by atoms with Crippen LogP contribution in [0.1, 0.15) is 17.4 Å². The largest absolute Gasteiger partial charge is 0.461 e. The lowest BCUT2D eigenvalue weighted by Crippen LogP contribution is -2.12. The van der Waals surface area contributed by atoms with Crippen molar-refractivity contribution >= 4 is 17.5 Å². The van der Waals surface area contributed by atoms with Crippen LogP contribution in [0.4, 0.5) is 0 Å². The summed E-state index contributed by atoms with van der Waals surface area (Å²) in [5.41, 5.74) is 0.645. The Morgan fingerprint density at radius 3 is 2.90 bits per heavy atom. The fraction of sp³-hybridized carbons (Fsp3) is 0.500. The highest BCUT2D eigenvalue weighted by Gasteiger charge is 2.11. The van der Waals surface area contributed by atoms with Gasteiger partial charge in [0.25, 0.3) is 0 Å². The molecule has 1 heterocycles. The third kappa shape index (κ3) is 1.21. The molecule has 0 spiro atoms. The Labute approximate surface area is 63.4 Å². The van der Waals surface area contributed by atoms with Gasteiger partial charge in [0.2, 0.25) is 0 Å². The number of nitrogens with zero attached hydrogens (tertiary/aromatic N) is 1. The molecule has 0 fully saturated rings. The number of rotatable bonds is 2. The van der Waals surface area contributed by atoms with Crippen LogP contribution in [0.5, 0.6) is 0 Å². The molecule has 0 atom stereocenters. The van der Waals surface area contributed by atoms with Crippen molar-refractivity contribution in [2.24, 2.45) is 7.05 Å². The lowest BCUT2D eigenvalue weighted by Gasteiger charge is -2.08. The van der Waals surface area contributed by atoms with Gasteiger partial charge in [0, 0.05) is 12.4 Å². The predicted octanol–water partition coefficient (Wildman–Crippen LogP) is 1.26. The van der Waals surface area contributed by atoms with Gasteiger partial charge in [-0.1, -0.05) is 11.5 Å². The Bertz CT molecular complexity index is 226. The van der Waals surface area contributed by atoms with Crippen LogP contribution < -0.4 is 0 Å². The van der Waals surface area contributed by atoms with E-state index in [0.29, 0.717) is 12.3 Å². The number of aryl methyl sites for hydroxylation is 1. The molecule has 4 heteroatoms. The zero-order chi connectivity index (χ0) is 7.56. The van der Waals surface area contributed by atoms with E-state index in [4.69, 9.17) is 4.74 Å². The van der Waals surface area contributed by atoms with Gasteiger partial charge in [-0.15, -0.1) is 0 Å². The smallest absolute Gasteiger partial charge is 0.356 e. The van der Waals surface area contributed by atoms with Gasteiger partial charge in [0.15, 0.2) is 0 Å². The van der Waals surface area contributed by atoms with Crippen LogP contribution in [0.25, 0.3) is 0 Å². The first-order valence-electron chi connectivity index (χ1n) is 3.03. The lowest BCUT2D eigenvalue weighted by molar-refractivity contribution is 0.0515. The molecule has 56 valence electrons. The van der Waals surface area contributed by atoms with E-state index in [1.54, 1.807) is 16.3 Å². The van der Waals surface area contributed by atoms with Crippen LogP contribution >= 0.6 is 11.5 Å². The third-order valence-electron chi connectivity index (χ3n) is 1.15. The minimum Gasteiger partial charge on any atom is -0.461 e. The number of carbonyl (C=O) groups is 1. The highest BCUT2D eigenvalue weighted by atomic mass is 32.1. The van der Waals surface area contributed by atoms with Crippen LogP contribution in [0, 0.1) is 0 Å². The molecule has 0 aliphatic rings. The number of ether oxygens (including phenoxy) is 1. The van der Waals surface area contributed by atoms with Gasteiger partial charge >= 0.3 is 5.97 Å². The molecule has 3 nitrogen and oxygen atoms in total. The molecule has 0 amide bonds. The molecule has 0 aromatic carbocycles. The average Bonchev–Trinajstić information content (AvgIpc) is 1.85. The summed E-state index contributed by atoms with van der Waals surface area (Å²) in [5.74, 6) is -0.233. The standard InChI is InChI=1S/C6H9NO2S/c1-3-9-6(8)5-4-10-7(5)2/h4H,3H2,1-2H3. The molecule has 0 N–H and O–H groups in total. The lowest BCUT2D eigenvalue weighted by atomic mass is 10.5. The topological polar surface area (TPSA) is 31.2 Å². The van der Waals surface area contributed by atoms with Crippen LogP contribution in [0.3, 0.4) is 0 Å². The Morgan fingerprint density at radius 2 is 2.60 bits per heavy atom. The van der Waals surface area contributed by atoms with Gasteiger partial charge in [0.1, 0.15) is 5.69 Å². The maximum Gasteiger partial charge on any atom is 0.356 e. The highest BCUT2D eigenvalue weighted by Crippen LogP contribution is 2.09. The maximum absolute atomic E-state index is 10.9. The van der Waals surface area contributed by atoms with E-state index in [2.05, 4.69) is 0 Å². The Kier molecular flexibility index (Phi) is 2.11. The SMILES string of the molecule is CCOC(=O)c1csn1C. The summed E-state index contributed by atoms with van der Waals surface area (Å²) >= 11 is 1.49.